The average Bonchev–Trinajstić information content (AvgIpc) is 2.45. The molecule has 0 heterocycles. The Morgan fingerprint density at radius 2 is 1.95 bits per heavy atom. The summed E-state index contributed by atoms with van der Waals surface area (Å²) < 4.78 is 5.15. The second-order valence-corrected chi connectivity index (χ2v) is 4.26. The number of esters is 1. The molecule has 102 valence electrons. The minimum Gasteiger partial charge on any atom is -0.461 e. The normalized spacial score (nSPS) is 10.6. The van der Waals surface area contributed by atoms with Gasteiger partial charge in [0.25, 0.3) is 0 Å². The van der Waals surface area contributed by atoms with Crippen molar-refractivity contribution in [1.82, 2.24) is 0 Å². The molecule has 3 nitrogen and oxygen atoms in total. The van der Waals surface area contributed by atoms with Gasteiger partial charge < -0.3 is 4.74 Å². The molecule has 0 N–H and O–H groups in total. The van der Waals surface area contributed by atoms with Crippen molar-refractivity contribution in [1.29, 1.82) is 0 Å². The summed E-state index contributed by atoms with van der Waals surface area (Å²) in [6, 6.07) is 9.60. The summed E-state index contributed by atoms with van der Waals surface area (Å²) in [5, 5.41) is 0. The molecule has 0 aromatic heterocycles. The van der Waals surface area contributed by atoms with E-state index in [0.717, 1.165) is 12.0 Å². The monoisotopic (exact) mass is 260 g/mol. The molecule has 0 radical (unpaired) electrons. The van der Waals surface area contributed by atoms with Crippen LogP contribution in [0, 0.1) is 0 Å². The van der Waals surface area contributed by atoms with Gasteiger partial charge in [-0.1, -0.05) is 43.3 Å². The van der Waals surface area contributed by atoms with E-state index in [1.807, 2.05) is 43.3 Å². The van der Waals surface area contributed by atoms with Crippen LogP contribution >= 0.6 is 0 Å². The summed E-state index contributed by atoms with van der Waals surface area (Å²) in [5.41, 5.74) is 0.990. The Bertz CT molecular complexity index is 421. The maximum atomic E-state index is 11.5. The van der Waals surface area contributed by atoms with Gasteiger partial charge in [0, 0.05) is 12.8 Å². The molecule has 0 unspecified atom stereocenters. The van der Waals surface area contributed by atoms with E-state index in [2.05, 4.69) is 0 Å². The molecule has 1 rings (SSSR count). The molecule has 0 aliphatic carbocycles. The van der Waals surface area contributed by atoms with E-state index in [1.165, 1.54) is 0 Å². The molecule has 0 spiro atoms. The topological polar surface area (TPSA) is 43.4 Å². The first kappa shape index (κ1) is 15.2. The van der Waals surface area contributed by atoms with Crippen molar-refractivity contribution in [2.75, 3.05) is 0 Å². The molecular weight excluding hydrogens is 240 g/mol. The maximum absolute atomic E-state index is 11.5. The van der Waals surface area contributed by atoms with Crippen molar-refractivity contribution < 1.29 is 14.3 Å². The fraction of sp³-hybridized carbons (Fsp3) is 0.375. The lowest BCUT2D eigenvalue weighted by atomic mass is 10.2. The zero-order chi connectivity index (χ0) is 13.9. The molecule has 0 atom stereocenters. The lowest BCUT2D eigenvalue weighted by Crippen LogP contribution is -2.04. The average molecular weight is 260 g/mol. The van der Waals surface area contributed by atoms with Crippen LogP contribution in [0.4, 0.5) is 0 Å². The molecule has 0 amide bonds. The number of rotatable bonds is 8. The second-order valence-electron chi connectivity index (χ2n) is 4.26. The third-order valence-electron chi connectivity index (χ3n) is 2.65. The van der Waals surface area contributed by atoms with Gasteiger partial charge in [-0.3, -0.25) is 9.59 Å². The highest BCUT2D eigenvalue weighted by atomic mass is 16.5. The van der Waals surface area contributed by atoms with Crippen LogP contribution < -0.4 is 0 Å². The predicted octanol–water partition coefficient (Wildman–Crippen LogP) is 3.44. The first-order valence-corrected chi connectivity index (χ1v) is 6.61. The summed E-state index contributed by atoms with van der Waals surface area (Å²) in [6.45, 7) is 2.15. The molecule has 0 aliphatic heterocycles. The number of benzene rings is 1. The van der Waals surface area contributed by atoms with E-state index in [-0.39, 0.29) is 11.8 Å². The standard InChI is InChI=1S/C16H20O3/c1-2-15(17)11-7-4-8-12-16(18)19-13-14-9-5-3-6-10-14/h3,5-7,9-11H,2,4,8,12-13H2,1H3/b11-7+. The number of ketones is 1. The first-order chi connectivity index (χ1) is 9.22. The van der Waals surface area contributed by atoms with E-state index in [4.69, 9.17) is 4.74 Å². The summed E-state index contributed by atoms with van der Waals surface area (Å²) >= 11 is 0. The van der Waals surface area contributed by atoms with E-state index in [9.17, 15) is 9.59 Å². The maximum Gasteiger partial charge on any atom is 0.306 e. The molecule has 1 aromatic carbocycles. The van der Waals surface area contributed by atoms with Gasteiger partial charge in [0.2, 0.25) is 0 Å². The molecule has 0 fully saturated rings. The quantitative estimate of drug-likeness (QED) is 0.408. The molecule has 3 heteroatoms. The Morgan fingerprint density at radius 1 is 1.21 bits per heavy atom. The number of carbonyl (C=O) groups excluding carboxylic acids is 2. The minimum absolute atomic E-state index is 0.117. The third kappa shape index (κ3) is 7.19. The number of unbranched alkanes of at least 4 members (excludes halogenated alkanes) is 1. The molecule has 0 saturated heterocycles. The molecule has 0 aliphatic rings. The summed E-state index contributed by atoms with van der Waals surface area (Å²) in [7, 11) is 0. The molecule has 1 aromatic rings. The Balaban J connectivity index is 2.12. The predicted molar refractivity (Wildman–Crippen MR) is 74.5 cm³/mol. The van der Waals surface area contributed by atoms with Crippen molar-refractivity contribution in [3.8, 4) is 0 Å². The second kappa shape index (κ2) is 9.09. The Morgan fingerprint density at radius 3 is 2.63 bits per heavy atom. The zero-order valence-corrected chi connectivity index (χ0v) is 11.3. The number of hydrogen-bond donors (Lipinski definition) is 0. The van der Waals surface area contributed by atoms with Crippen molar-refractivity contribution >= 4 is 11.8 Å². The van der Waals surface area contributed by atoms with Crippen molar-refractivity contribution in [2.24, 2.45) is 0 Å². The highest BCUT2D eigenvalue weighted by molar-refractivity contribution is 5.89. The molecule has 0 bridgehead atoms. The van der Waals surface area contributed by atoms with Gasteiger partial charge >= 0.3 is 5.97 Å². The summed E-state index contributed by atoms with van der Waals surface area (Å²) in [4.78, 5) is 22.4. The fourth-order valence-electron chi connectivity index (χ4n) is 1.51. The van der Waals surface area contributed by atoms with Gasteiger partial charge in [-0.15, -0.1) is 0 Å². The van der Waals surface area contributed by atoms with Crippen molar-refractivity contribution in [3.05, 3.63) is 48.0 Å². The van der Waals surface area contributed by atoms with Gasteiger partial charge in [-0.2, -0.15) is 0 Å². The number of carbonyl (C=O) groups is 2. The summed E-state index contributed by atoms with van der Waals surface area (Å²) in [6.07, 6.45) is 5.74. The third-order valence-corrected chi connectivity index (χ3v) is 2.65. The van der Waals surface area contributed by atoms with Crippen LogP contribution in [-0.2, 0) is 20.9 Å². The highest BCUT2D eigenvalue weighted by Gasteiger charge is 2.02. The lowest BCUT2D eigenvalue weighted by Gasteiger charge is -2.03. The van der Waals surface area contributed by atoms with Crippen LogP contribution in [0.3, 0.4) is 0 Å². The molecule has 0 saturated carbocycles. The zero-order valence-electron chi connectivity index (χ0n) is 11.3. The molecular formula is C16H20O3. The van der Waals surface area contributed by atoms with Gasteiger partial charge in [-0.25, -0.2) is 0 Å². The largest absolute Gasteiger partial charge is 0.461 e. The number of hydrogen-bond acceptors (Lipinski definition) is 3. The number of allylic oxidation sites excluding steroid dienone is 2. The van der Waals surface area contributed by atoms with Crippen LogP contribution in [0.1, 0.15) is 38.2 Å². The van der Waals surface area contributed by atoms with Crippen LogP contribution in [0.15, 0.2) is 42.5 Å². The fourth-order valence-corrected chi connectivity index (χ4v) is 1.51. The van der Waals surface area contributed by atoms with E-state index >= 15 is 0 Å². The van der Waals surface area contributed by atoms with E-state index < -0.39 is 0 Å². The van der Waals surface area contributed by atoms with Gasteiger partial charge in [-0.05, 0) is 24.5 Å². The number of ether oxygens (including phenoxy) is 1. The van der Waals surface area contributed by atoms with Crippen LogP contribution in [0.25, 0.3) is 0 Å². The van der Waals surface area contributed by atoms with Crippen LogP contribution in [-0.4, -0.2) is 11.8 Å². The van der Waals surface area contributed by atoms with Crippen LogP contribution in [0.5, 0.6) is 0 Å². The Hall–Kier alpha value is -1.90. The highest BCUT2D eigenvalue weighted by Crippen LogP contribution is 2.04. The van der Waals surface area contributed by atoms with Crippen molar-refractivity contribution in [2.45, 2.75) is 39.2 Å². The van der Waals surface area contributed by atoms with E-state index in [1.54, 1.807) is 6.08 Å². The van der Waals surface area contributed by atoms with Crippen LogP contribution in [0.2, 0.25) is 0 Å². The van der Waals surface area contributed by atoms with Gasteiger partial charge in [0.1, 0.15) is 6.61 Å². The lowest BCUT2D eigenvalue weighted by molar-refractivity contribution is -0.145. The van der Waals surface area contributed by atoms with Crippen molar-refractivity contribution in [3.63, 3.8) is 0 Å². The van der Waals surface area contributed by atoms with E-state index in [0.29, 0.717) is 25.9 Å². The Kier molecular flexibility index (Phi) is 7.25. The molecule has 19 heavy (non-hydrogen) atoms. The Labute approximate surface area is 114 Å². The van der Waals surface area contributed by atoms with Gasteiger partial charge in [0.05, 0.1) is 0 Å². The smallest absolute Gasteiger partial charge is 0.306 e. The SMILES string of the molecule is CCC(=O)/C=C/CCCC(=O)OCc1ccccc1. The first-order valence-electron chi connectivity index (χ1n) is 6.61. The van der Waals surface area contributed by atoms with Gasteiger partial charge in [0.15, 0.2) is 5.78 Å². The summed E-state index contributed by atoms with van der Waals surface area (Å²) in [5.74, 6) is -0.0780. The minimum atomic E-state index is -0.195.